The Morgan fingerprint density at radius 3 is 2.87 bits per heavy atom. The molecule has 0 saturated carbocycles. The van der Waals surface area contributed by atoms with Gasteiger partial charge in [-0.15, -0.1) is 0 Å². The predicted molar refractivity (Wildman–Crippen MR) is 59.8 cm³/mol. The maximum absolute atomic E-state index is 5.80. The molecule has 80 valence electrons. The summed E-state index contributed by atoms with van der Waals surface area (Å²) in [5, 5.41) is 7.92. The maximum Gasteiger partial charge on any atom is 0.226 e. The summed E-state index contributed by atoms with van der Waals surface area (Å²) in [6.45, 7) is 4.20. The zero-order valence-electron chi connectivity index (χ0n) is 8.58. The Morgan fingerprint density at radius 1 is 1.47 bits per heavy atom. The summed E-state index contributed by atoms with van der Waals surface area (Å²) in [6, 6.07) is 0. The number of aromatic nitrogens is 4. The molecule has 0 saturated heterocycles. The number of fused-ring (bicyclic) bond motifs is 1. The standard InChI is InChI=1S/C9H12ClN5/c1-3-4(2)6-5-7(11)12-9(10)13-8(5)15-14-6/h4H,3H2,1-2H3,(H3,11,12,13,14,15)/t4-/m0/s1. The van der Waals surface area contributed by atoms with Crippen molar-refractivity contribution in [3.05, 3.63) is 11.0 Å². The first kappa shape index (κ1) is 10.2. The van der Waals surface area contributed by atoms with Crippen molar-refractivity contribution in [2.45, 2.75) is 26.2 Å². The zero-order valence-corrected chi connectivity index (χ0v) is 9.34. The van der Waals surface area contributed by atoms with Gasteiger partial charge < -0.3 is 5.73 Å². The van der Waals surface area contributed by atoms with Crippen LogP contribution in [0.15, 0.2) is 0 Å². The summed E-state index contributed by atoms with van der Waals surface area (Å²) in [5.74, 6) is 0.733. The molecular formula is C9H12ClN5. The molecule has 15 heavy (non-hydrogen) atoms. The van der Waals surface area contributed by atoms with E-state index >= 15 is 0 Å². The van der Waals surface area contributed by atoms with Gasteiger partial charge in [-0.05, 0) is 23.9 Å². The number of nitrogen functional groups attached to an aromatic ring is 1. The summed E-state index contributed by atoms with van der Waals surface area (Å²) in [4.78, 5) is 7.93. The number of nitrogens with two attached hydrogens (primary N) is 1. The second-order valence-electron chi connectivity index (χ2n) is 3.52. The van der Waals surface area contributed by atoms with Crippen LogP contribution in [-0.4, -0.2) is 20.2 Å². The number of anilines is 1. The summed E-state index contributed by atoms with van der Waals surface area (Å²) in [7, 11) is 0. The van der Waals surface area contributed by atoms with Crippen molar-refractivity contribution in [2.75, 3.05) is 5.73 Å². The molecule has 0 radical (unpaired) electrons. The number of hydrogen-bond donors (Lipinski definition) is 2. The van der Waals surface area contributed by atoms with Crippen LogP contribution in [0.25, 0.3) is 11.0 Å². The molecule has 0 spiro atoms. The van der Waals surface area contributed by atoms with Crippen molar-refractivity contribution >= 4 is 28.5 Å². The highest BCUT2D eigenvalue weighted by Gasteiger charge is 2.16. The summed E-state index contributed by atoms with van der Waals surface area (Å²) < 4.78 is 0. The molecule has 0 amide bonds. The molecule has 2 aromatic rings. The first-order chi connectivity index (χ1) is 7.13. The molecule has 2 rings (SSSR count). The predicted octanol–water partition coefficient (Wildman–Crippen LogP) is 2.10. The second-order valence-corrected chi connectivity index (χ2v) is 3.86. The fourth-order valence-electron chi connectivity index (χ4n) is 1.51. The minimum Gasteiger partial charge on any atom is -0.383 e. The van der Waals surface area contributed by atoms with Crippen LogP contribution in [0.2, 0.25) is 5.28 Å². The van der Waals surface area contributed by atoms with Gasteiger partial charge in [0, 0.05) is 0 Å². The Kier molecular flexibility index (Phi) is 2.48. The molecular weight excluding hydrogens is 214 g/mol. The van der Waals surface area contributed by atoms with E-state index in [1.54, 1.807) is 0 Å². The van der Waals surface area contributed by atoms with E-state index in [0.29, 0.717) is 17.4 Å². The lowest BCUT2D eigenvalue weighted by atomic mass is 10.0. The third-order valence-electron chi connectivity index (χ3n) is 2.55. The molecule has 5 nitrogen and oxygen atoms in total. The molecule has 0 aliphatic carbocycles. The largest absolute Gasteiger partial charge is 0.383 e. The lowest BCUT2D eigenvalue weighted by Crippen LogP contribution is -1.98. The van der Waals surface area contributed by atoms with Crippen molar-refractivity contribution in [1.82, 2.24) is 20.2 Å². The number of nitrogens with one attached hydrogen (secondary N) is 1. The fraction of sp³-hybridized carbons (Fsp3) is 0.444. The van der Waals surface area contributed by atoms with Crippen LogP contribution in [0.5, 0.6) is 0 Å². The average Bonchev–Trinajstić information content (AvgIpc) is 2.60. The van der Waals surface area contributed by atoms with Crippen LogP contribution >= 0.6 is 11.6 Å². The van der Waals surface area contributed by atoms with Gasteiger partial charge in [-0.25, -0.2) is 4.98 Å². The van der Waals surface area contributed by atoms with Crippen molar-refractivity contribution in [3.63, 3.8) is 0 Å². The molecule has 0 aliphatic rings. The summed E-state index contributed by atoms with van der Waals surface area (Å²) >= 11 is 5.69. The van der Waals surface area contributed by atoms with Gasteiger partial charge in [-0.1, -0.05) is 13.8 Å². The molecule has 3 N–H and O–H groups in total. The SMILES string of the molecule is CC[C@H](C)c1[nH]nc2nc(Cl)nc(N)c12. The normalized spacial score (nSPS) is 13.3. The van der Waals surface area contributed by atoms with Gasteiger partial charge in [0.25, 0.3) is 0 Å². The van der Waals surface area contributed by atoms with Gasteiger partial charge in [0.1, 0.15) is 5.82 Å². The molecule has 0 aromatic carbocycles. The topological polar surface area (TPSA) is 80.5 Å². The third kappa shape index (κ3) is 1.63. The smallest absolute Gasteiger partial charge is 0.226 e. The summed E-state index contributed by atoms with van der Waals surface area (Å²) in [5.41, 5.74) is 7.30. The lowest BCUT2D eigenvalue weighted by Gasteiger charge is -2.06. The van der Waals surface area contributed by atoms with Crippen LogP contribution in [0.1, 0.15) is 31.9 Å². The van der Waals surface area contributed by atoms with Crippen molar-refractivity contribution in [2.24, 2.45) is 0 Å². The highest BCUT2D eigenvalue weighted by atomic mass is 35.5. The number of hydrogen-bond acceptors (Lipinski definition) is 4. The van der Waals surface area contributed by atoms with Crippen LogP contribution in [-0.2, 0) is 0 Å². The first-order valence-corrected chi connectivity index (χ1v) is 5.18. The van der Waals surface area contributed by atoms with Crippen molar-refractivity contribution < 1.29 is 0 Å². The van der Waals surface area contributed by atoms with E-state index in [1.165, 1.54) is 0 Å². The van der Waals surface area contributed by atoms with Crippen LogP contribution < -0.4 is 5.73 Å². The van der Waals surface area contributed by atoms with Gasteiger partial charge in [0.05, 0.1) is 11.1 Å². The number of H-pyrrole nitrogens is 1. The van der Waals surface area contributed by atoms with E-state index < -0.39 is 0 Å². The Balaban J connectivity index is 2.69. The highest BCUT2D eigenvalue weighted by Crippen LogP contribution is 2.28. The van der Waals surface area contributed by atoms with Gasteiger partial charge in [0.15, 0.2) is 5.65 Å². The molecule has 0 unspecified atom stereocenters. The minimum atomic E-state index is 0.127. The average molecular weight is 226 g/mol. The Labute approximate surface area is 92.1 Å². The number of rotatable bonds is 2. The van der Waals surface area contributed by atoms with Gasteiger partial charge >= 0.3 is 0 Å². The molecule has 0 bridgehead atoms. The molecule has 2 heterocycles. The highest BCUT2D eigenvalue weighted by molar-refractivity contribution is 6.28. The Hall–Kier alpha value is -1.36. The number of aromatic amines is 1. The summed E-state index contributed by atoms with van der Waals surface area (Å²) in [6.07, 6.45) is 0.999. The number of nitrogens with zero attached hydrogens (tertiary/aromatic N) is 3. The van der Waals surface area contributed by atoms with Gasteiger partial charge in [-0.2, -0.15) is 10.1 Å². The quantitative estimate of drug-likeness (QED) is 0.767. The maximum atomic E-state index is 5.80. The first-order valence-electron chi connectivity index (χ1n) is 4.80. The molecule has 1 atom stereocenters. The number of halogens is 1. The van der Waals surface area contributed by atoms with Gasteiger partial charge in [0.2, 0.25) is 5.28 Å². The zero-order chi connectivity index (χ0) is 11.0. The van der Waals surface area contributed by atoms with Crippen LogP contribution in [0, 0.1) is 0 Å². The third-order valence-corrected chi connectivity index (χ3v) is 2.72. The molecule has 2 aromatic heterocycles. The van der Waals surface area contributed by atoms with E-state index in [-0.39, 0.29) is 5.28 Å². The molecule has 0 aliphatic heterocycles. The van der Waals surface area contributed by atoms with Crippen LogP contribution in [0.3, 0.4) is 0 Å². The van der Waals surface area contributed by atoms with E-state index in [9.17, 15) is 0 Å². The molecule has 0 fully saturated rings. The lowest BCUT2D eigenvalue weighted by molar-refractivity contribution is 0.708. The van der Waals surface area contributed by atoms with E-state index in [1.807, 2.05) is 0 Å². The molecule has 6 heteroatoms. The Morgan fingerprint density at radius 2 is 2.20 bits per heavy atom. The van der Waals surface area contributed by atoms with E-state index in [0.717, 1.165) is 17.5 Å². The van der Waals surface area contributed by atoms with E-state index in [4.69, 9.17) is 17.3 Å². The Bertz CT molecular complexity index is 492. The van der Waals surface area contributed by atoms with E-state index in [2.05, 4.69) is 34.0 Å². The minimum absolute atomic E-state index is 0.127. The van der Waals surface area contributed by atoms with Crippen LogP contribution in [0.4, 0.5) is 5.82 Å². The monoisotopic (exact) mass is 225 g/mol. The fourth-order valence-corrected chi connectivity index (χ4v) is 1.68. The van der Waals surface area contributed by atoms with Crippen molar-refractivity contribution in [1.29, 1.82) is 0 Å². The van der Waals surface area contributed by atoms with Gasteiger partial charge in [-0.3, -0.25) is 5.10 Å². The second kappa shape index (κ2) is 3.66. The van der Waals surface area contributed by atoms with Crippen molar-refractivity contribution in [3.8, 4) is 0 Å².